The van der Waals surface area contributed by atoms with Crippen molar-refractivity contribution in [2.24, 2.45) is 0 Å². The summed E-state index contributed by atoms with van der Waals surface area (Å²) in [4.78, 5) is 31.9. The molecule has 32 heavy (non-hydrogen) atoms. The zero-order valence-electron chi connectivity index (χ0n) is 15.9. The highest BCUT2D eigenvalue weighted by Crippen LogP contribution is 2.30. The first-order valence-electron chi connectivity index (χ1n) is 9.05. The van der Waals surface area contributed by atoms with Gasteiger partial charge >= 0.3 is 0 Å². The second-order valence-electron chi connectivity index (χ2n) is 6.52. The van der Waals surface area contributed by atoms with Gasteiger partial charge in [0.25, 0.3) is 11.8 Å². The molecule has 10 heteroatoms. The average molecular weight is 523 g/mol. The number of imide groups is 1. The normalized spacial score (nSPS) is 10.9. The summed E-state index contributed by atoms with van der Waals surface area (Å²) in [6.45, 7) is 0. The third-order valence-electron chi connectivity index (χ3n) is 4.57. The Kier molecular flexibility index (Phi) is 6.51. The van der Waals surface area contributed by atoms with Gasteiger partial charge in [0.2, 0.25) is 0 Å². The Morgan fingerprint density at radius 2 is 1.25 bits per heavy atom. The largest absolute Gasteiger partial charge is 0.283 e. The van der Waals surface area contributed by atoms with Crippen molar-refractivity contribution >= 4 is 81.5 Å². The van der Waals surface area contributed by atoms with Crippen LogP contribution in [0.15, 0.2) is 66.9 Å². The lowest BCUT2D eigenvalue weighted by Crippen LogP contribution is -2.46. The van der Waals surface area contributed by atoms with Crippen LogP contribution in [-0.4, -0.2) is 21.5 Å². The van der Waals surface area contributed by atoms with E-state index in [1.54, 1.807) is 36.4 Å². The third kappa shape index (κ3) is 4.00. The van der Waals surface area contributed by atoms with Crippen molar-refractivity contribution in [3.63, 3.8) is 0 Å². The molecule has 0 bridgehead atoms. The van der Waals surface area contributed by atoms with Crippen LogP contribution in [0.3, 0.4) is 0 Å². The van der Waals surface area contributed by atoms with Crippen LogP contribution in [0, 0.1) is 4.64 Å². The summed E-state index contributed by atoms with van der Waals surface area (Å²) in [5.41, 5.74) is 0.109. The van der Waals surface area contributed by atoms with Crippen molar-refractivity contribution in [1.29, 1.82) is 0 Å². The monoisotopic (exact) mass is 521 g/mol. The molecule has 0 aliphatic rings. The third-order valence-corrected chi connectivity index (χ3v) is 6.14. The molecule has 2 aromatic heterocycles. The Morgan fingerprint density at radius 1 is 0.750 bits per heavy atom. The van der Waals surface area contributed by atoms with E-state index in [0.29, 0.717) is 5.39 Å². The van der Waals surface area contributed by atoms with E-state index in [2.05, 4.69) is 4.98 Å². The van der Waals surface area contributed by atoms with E-state index in [1.807, 2.05) is 0 Å². The maximum atomic E-state index is 13.8. The first kappa shape index (κ1) is 22.7. The highest BCUT2D eigenvalue weighted by molar-refractivity contribution is 7.71. The number of benzene rings is 2. The minimum Gasteiger partial charge on any atom is -0.267 e. The van der Waals surface area contributed by atoms with Crippen LogP contribution in [0.25, 0.3) is 11.0 Å². The summed E-state index contributed by atoms with van der Waals surface area (Å²) in [5.74, 6) is -1.65. The molecule has 0 aliphatic heterocycles. The number of hydrogen-bond acceptors (Lipinski definition) is 4. The Balaban J connectivity index is 2.05. The molecular formula is C22H11Cl4N3O2S. The Labute approximate surface area is 207 Å². The zero-order chi connectivity index (χ0) is 23.0. The fraction of sp³-hybridized carbons (Fsp3) is 0. The Hall–Kier alpha value is -2.48. The predicted octanol–water partition coefficient (Wildman–Crippen LogP) is 7.00. The topological polar surface area (TPSA) is 55.2 Å². The van der Waals surface area contributed by atoms with Gasteiger partial charge in [-0.05, 0) is 48.5 Å². The summed E-state index contributed by atoms with van der Waals surface area (Å²) in [5, 5.41) is 1.69. The Bertz CT molecular complexity index is 1350. The van der Waals surface area contributed by atoms with Crippen LogP contribution in [0.1, 0.15) is 20.7 Å². The molecule has 5 nitrogen and oxygen atoms in total. The van der Waals surface area contributed by atoms with E-state index in [4.69, 9.17) is 58.6 Å². The van der Waals surface area contributed by atoms with Crippen molar-refractivity contribution in [2.75, 3.05) is 5.01 Å². The molecule has 160 valence electrons. The molecule has 0 N–H and O–H groups in total. The van der Waals surface area contributed by atoms with E-state index >= 15 is 0 Å². The number of pyridine rings is 2. The highest BCUT2D eigenvalue weighted by Gasteiger charge is 2.33. The van der Waals surface area contributed by atoms with Crippen molar-refractivity contribution in [3.8, 4) is 0 Å². The average Bonchev–Trinajstić information content (AvgIpc) is 2.75. The zero-order valence-corrected chi connectivity index (χ0v) is 19.8. The quantitative estimate of drug-likeness (QED) is 0.215. The van der Waals surface area contributed by atoms with Crippen LogP contribution in [-0.2, 0) is 0 Å². The number of fused-ring (bicyclic) bond motifs is 1. The number of carbonyl (C=O) groups is 2. The molecule has 0 saturated heterocycles. The van der Waals surface area contributed by atoms with E-state index < -0.39 is 11.8 Å². The number of carbonyl (C=O) groups excluding carboxylic acids is 2. The van der Waals surface area contributed by atoms with Crippen LogP contribution in [0.4, 0.5) is 0 Å². The molecule has 0 unspecified atom stereocenters. The number of aromatic nitrogens is 2. The van der Waals surface area contributed by atoms with E-state index in [-0.39, 0.29) is 41.5 Å². The van der Waals surface area contributed by atoms with Crippen LogP contribution < -0.4 is 5.01 Å². The van der Waals surface area contributed by atoms with Crippen LogP contribution in [0.2, 0.25) is 20.1 Å². The summed E-state index contributed by atoms with van der Waals surface area (Å²) in [6.07, 6.45) is 1.52. The molecule has 4 rings (SSSR count). The van der Waals surface area contributed by atoms with Gasteiger partial charge in [0, 0.05) is 11.6 Å². The van der Waals surface area contributed by atoms with E-state index in [1.165, 1.54) is 35.1 Å². The molecule has 2 aromatic carbocycles. The molecule has 0 aliphatic carbocycles. The summed E-state index contributed by atoms with van der Waals surface area (Å²) in [6, 6.07) is 15.9. The predicted molar refractivity (Wildman–Crippen MR) is 130 cm³/mol. The summed E-state index contributed by atoms with van der Waals surface area (Å²) in [7, 11) is 0. The summed E-state index contributed by atoms with van der Waals surface area (Å²) >= 11 is 30.6. The molecule has 2 heterocycles. The van der Waals surface area contributed by atoms with Crippen LogP contribution >= 0.6 is 58.6 Å². The maximum absolute atomic E-state index is 13.8. The highest BCUT2D eigenvalue weighted by atomic mass is 35.5. The lowest BCUT2D eigenvalue weighted by molar-refractivity contribution is 0.0858. The van der Waals surface area contributed by atoms with Crippen molar-refractivity contribution in [1.82, 2.24) is 9.66 Å². The van der Waals surface area contributed by atoms with Gasteiger partial charge in [-0.15, -0.1) is 0 Å². The van der Waals surface area contributed by atoms with Crippen molar-refractivity contribution in [2.45, 2.75) is 0 Å². The second kappa shape index (κ2) is 9.17. The fourth-order valence-corrected chi connectivity index (χ4v) is 4.49. The first-order valence-corrected chi connectivity index (χ1v) is 11.0. The summed E-state index contributed by atoms with van der Waals surface area (Å²) < 4.78 is 1.36. The number of hydrogen-bond donors (Lipinski definition) is 0. The fourth-order valence-electron chi connectivity index (χ4n) is 3.14. The number of rotatable bonds is 3. The van der Waals surface area contributed by atoms with Gasteiger partial charge in [-0.2, -0.15) is 5.01 Å². The molecule has 0 atom stereocenters. The first-order chi connectivity index (χ1) is 15.3. The van der Waals surface area contributed by atoms with Gasteiger partial charge < -0.3 is 0 Å². The molecule has 4 aromatic rings. The van der Waals surface area contributed by atoms with Gasteiger partial charge in [-0.1, -0.05) is 70.8 Å². The molecule has 0 spiro atoms. The minimum absolute atomic E-state index is 0.0604. The van der Waals surface area contributed by atoms with Gasteiger partial charge in [0.15, 0.2) is 5.65 Å². The lowest BCUT2D eigenvalue weighted by atomic mass is 10.1. The smallest absolute Gasteiger partial charge is 0.267 e. The van der Waals surface area contributed by atoms with Gasteiger partial charge in [0.05, 0.1) is 31.2 Å². The van der Waals surface area contributed by atoms with E-state index in [9.17, 15) is 9.59 Å². The van der Waals surface area contributed by atoms with E-state index in [0.717, 1.165) is 5.01 Å². The number of amides is 2. The SMILES string of the molecule is O=C(c1c(Cl)cccc1Cl)N(C(=O)c1c(Cl)cccc1Cl)n1c(=S)ccc2cccnc21. The number of halogens is 4. The van der Waals surface area contributed by atoms with Crippen molar-refractivity contribution < 1.29 is 9.59 Å². The molecule has 0 fully saturated rings. The minimum atomic E-state index is -0.823. The molecule has 2 amide bonds. The maximum Gasteiger partial charge on any atom is 0.283 e. The van der Waals surface area contributed by atoms with Gasteiger partial charge in [-0.3, -0.25) is 9.59 Å². The molecule has 0 radical (unpaired) electrons. The second-order valence-corrected chi connectivity index (χ2v) is 8.56. The standard InChI is InChI=1S/C22H11Cl4N3O2S/c23-13-5-1-6-14(24)18(13)21(30)29(22(31)19-15(25)7-2-8-16(19)26)28-17(32)10-9-12-4-3-11-27-20(12)28/h1-11H. The van der Waals surface area contributed by atoms with Crippen molar-refractivity contribution in [3.05, 3.63) is 103 Å². The Morgan fingerprint density at radius 3 is 1.75 bits per heavy atom. The van der Waals surface area contributed by atoms with Gasteiger partial charge in [0.1, 0.15) is 4.64 Å². The van der Waals surface area contributed by atoms with Crippen LogP contribution in [0.5, 0.6) is 0 Å². The van der Waals surface area contributed by atoms with Gasteiger partial charge in [-0.25, -0.2) is 9.66 Å². The molecule has 0 saturated carbocycles. The molecular weight excluding hydrogens is 512 g/mol. The lowest BCUT2D eigenvalue weighted by Gasteiger charge is -2.26. The number of nitrogens with zero attached hydrogens (tertiary/aromatic N) is 3.